The summed E-state index contributed by atoms with van der Waals surface area (Å²) in [7, 11) is 5.75. The number of benzene rings is 1. The number of pyridine rings is 1. The maximum absolute atomic E-state index is 14.5. The summed E-state index contributed by atoms with van der Waals surface area (Å²) in [5.74, 6) is -0.333. The predicted octanol–water partition coefficient (Wildman–Crippen LogP) is 3.30. The van der Waals surface area contributed by atoms with Crippen molar-refractivity contribution in [3.63, 3.8) is 0 Å². The van der Waals surface area contributed by atoms with Gasteiger partial charge >= 0.3 is 0 Å². The van der Waals surface area contributed by atoms with Gasteiger partial charge in [0.05, 0.1) is 17.1 Å². The average Bonchev–Trinajstić information content (AvgIpc) is 3.05. The number of nitrogens with one attached hydrogen (secondary N) is 1. The van der Waals surface area contributed by atoms with Gasteiger partial charge in [0.25, 0.3) is 0 Å². The first kappa shape index (κ1) is 25.7. The number of hydrogen-bond donors (Lipinski definition) is 2. The minimum Gasteiger partial charge on any atom is -0.368 e. The third kappa shape index (κ3) is 5.89. The first-order chi connectivity index (χ1) is 17.2. The van der Waals surface area contributed by atoms with E-state index in [9.17, 15) is 9.18 Å². The van der Waals surface area contributed by atoms with Gasteiger partial charge in [0.1, 0.15) is 11.9 Å². The van der Waals surface area contributed by atoms with Gasteiger partial charge in [-0.05, 0) is 56.4 Å². The summed E-state index contributed by atoms with van der Waals surface area (Å²) in [5, 5.41) is 12.2. The van der Waals surface area contributed by atoms with E-state index in [-0.39, 0.29) is 5.56 Å². The molecule has 1 aromatic carbocycles. The fourth-order valence-corrected chi connectivity index (χ4v) is 4.47. The van der Waals surface area contributed by atoms with Crippen molar-refractivity contribution in [3.8, 4) is 11.3 Å². The molecule has 0 spiro atoms. The van der Waals surface area contributed by atoms with E-state index in [1.54, 1.807) is 23.2 Å². The number of carbonyl (C=O) groups excluding carboxylic acids is 1. The summed E-state index contributed by atoms with van der Waals surface area (Å²) in [5.41, 5.74) is 8.27. The fraction of sp³-hybridized carbons (Fsp3) is 0.360. The molecule has 36 heavy (non-hydrogen) atoms. The maximum Gasteiger partial charge on any atom is 0.241 e. The molecule has 1 fully saturated rings. The summed E-state index contributed by atoms with van der Waals surface area (Å²) in [6, 6.07) is 8.97. The number of anilines is 3. The van der Waals surface area contributed by atoms with E-state index in [0.29, 0.717) is 33.6 Å². The van der Waals surface area contributed by atoms with Gasteiger partial charge in [-0.1, -0.05) is 11.6 Å². The normalized spacial score (nSPS) is 15.8. The number of nitrogens with zero attached hydrogens (tertiary/aromatic N) is 6. The second-order valence-corrected chi connectivity index (χ2v) is 9.51. The summed E-state index contributed by atoms with van der Waals surface area (Å²) in [6.07, 6.45) is 2.58. The van der Waals surface area contributed by atoms with Crippen molar-refractivity contribution in [3.05, 3.63) is 59.1 Å². The Morgan fingerprint density at radius 3 is 2.69 bits per heavy atom. The molecule has 2 aromatic heterocycles. The number of carbonyl (C=O) groups is 1. The molecule has 0 aliphatic carbocycles. The molecule has 1 atom stereocenters. The number of amides is 1. The zero-order valence-electron chi connectivity index (χ0n) is 20.6. The minimum atomic E-state index is -0.641. The van der Waals surface area contributed by atoms with E-state index in [2.05, 4.69) is 37.3 Å². The quantitative estimate of drug-likeness (QED) is 0.497. The van der Waals surface area contributed by atoms with E-state index in [1.165, 1.54) is 18.2 Å². The van der Waals surface area contributed by atoms with Crippen molar-refractivity contribution in [1.82, 2.24) is 25.0 Å². The lowest BCUT2D eigenvalue weighted by Gasteiger charge is -2.28. The highest BCUT2D eigenvalue weighted by Crippen LogP contribution is 2.32. The zero-order valence-corrected chi connectivity index (χ0v) is 21.3. The number of nitrogens with two attached hydrogens (primary N) is 1. The third-order valence-corrected chi connectivity index (χ3v) is 6.37. The molecule has 11 heteroatoms. The third-order valence-electron chi connectivity index (χ3n) is 6.13. The summed E-state index contributed by atoms with van der Waals surface area (Å²) >= 11 is 6.08. The highest BCUT2D eigenvalue weighted by Gasteiger charge is 2.28. The maximum atomic E-state index is 14.5. The molecule has 0 radical (unpaired) electrons. The molecular formula is C25H30ClFN8O. The van der Waals surface area contributed by atoms with Crippen LogP contribution in [-0.2, 0) is 4.79 Å². The van der Waals surface area contributed by atoms with Crippen LogP contribution in [-0.4, -0.2) is 78.2 Å². The smallest absolute Gasteiger partial charge is 0.241 e. The topological polar surface area (TPSA) is 104 Å². The van der Waals surface area contributed by atoms with E-state index in [4.69, 9.17) is 17.3 Å². The standard InChI is InChI=1S/C25H30ClFN8O/c1-33(2)25-22(15-20(31-32-25)18-13-16(26)5-6-19(18)27)30-17-7-8-29-21(14-17)23(24(28)36)35-10-4-9-34(3)11-12-35/h5-8,13-15,23H,4,9-12H2,1-3H3,(H2,28,36)(H,29,30,31). The number of halogens is 2. The Morgan fingerprint density at radius 2 is 1.94 bits per heavy atom. The van der Waals surface area contributed by atoms with Gasteiger partial charge in [-0.25, -0.2) is 4.39 Å². The van der Waals surface area contributed by atoms with Crippen LogP contribution in [0.4, 0.5) is 21.6 Å². The Hall–Kier alpha value is -3.34. The molecule has 1 aliphatic rings. The monoisotopic (exact) mass is 512 g/mol. The van der Waals surface area contributed by atoms with E-state index in [1.807, 2.05) is 20.2 Å². The second-order valence-electron chi connectivity index (χ2n) is 9.08. The highest BCUT2D eigenvalue weighted by molar-refractivity contribution is 6.30. The molecule has 3 aromatic rings. The largest absolute Gasteiger partial charge is 0.368 e. The van der Waals surface area contributed by atoms with E-state index in [0.717, 1.165) is 32.6 Å². The SMILES string of the molecule is CN1CCCN(C(C(N)=O)c2cc(Nc3cc(-c4cc(Cl)ccc4F)nnc3N(C)C)ccn2)CC1. The van der Waals surface area contributed by atoms with Crippen LogP contribution in [0.3, 0.4) is 0 Å². The predicted molar refractivity (Wildman–Crippen MR) is 140 cm³/mol. The summed E-state index contributed by atoms with van der Waals surface area (Å²) in [6.45, 7) is 3.29. The number of primary amides is 1. The molecule has 1 saturated heterocycles. The van der Waals surface area contributed by atoms with Gasteiger partial charge < -0.3 is 20.9 Å². The molecule has 3 N–H and O–H groups in total. The molecule has 1 aliphatic heterocycles. The van der Waals surface area contributed by atoms with Crippen LogP contribution in [0.15, 0.2) is 42.6 Å². The molecule has 3 heterocycles. The number of hydrogen-bond acceptors (Lipinski definition) is 8. The van der Waals surface area contributed by atoms with E-state index >= 15 is 0 Å². The molecule has 0 bridgehead atoms. The Labute approximate surface area is 215 Å². The Kier molecular flexibility index (Phi) is 7.97. The molecule has 4 rings (SSSR count). The van der Waals surface area contributed by atoms with Crippen LogP contribution >= 0.6 is 11.6 Å². The van der Waals surface area contributed by atoms with Gasteiger partial charge in [0.2, 0.25) is 5.91 Å². The molecule has 1 unspecified atom stereocenters. The number of rotatable bonds is 7. The van der Waals surface area contributed by atoms with Crippen molar-refractivity contribution >= 4 is 34.7 Å². The number of aromatic nitrogens is 3. The van der Waals surface area contributed by atoms with Crippen LogP contribution < -0.4 is 16.0 Å². The van der Waals surface area contributed by atoms with Crippen LogP contribution in [0.5, 0.6) is 0 Å². The van der Waals surface area contributed by atoms with Crippen molar-refractivity contribution in [2.75, 3.05) is 57.5 Å². The van der Waals surface area contributed by atoms with Crippen molar-refractivity contribution in [1.29, 1.82) is 0 Å². The lowest BCUT2D eigenvalue weighted by atomic mass is 10.1. The van der Waals surface area contributed by atoms with Crippen LogP contribution in [0.25, 0.3) is 11.3 Å². The molecule has 9 nitrogen and oxygen atoms in total. The van der Waals surface area contributed by atoms with Crippen molar-refractivity contribution < 1.29 is 9.18 Å². The Balaban J connectivity index is 1.67. The first-order valence-electron chi connectivity index (χ1n) is 11.7. The second kappa shape index (κ2) is 11.2. The lowest BCUT2D eigenvalue weighted by molar-refractivity contribution is -0.123. The highest BCUT2D eigenvalue weighted by atomic mass is 35.5. The summed E-state index contributed by atoms with van der Waals surface area (Å²) in [4.78, 5) is 23.1. The van der Waals surface area contributed by atoms with Gasteiger partial charge in [-0.15, -0.1) is 10.2 Å². The van der Waals surface area contributed by atoms with Gasteiger partial charge in [-0.2, -0.15) is 0 Å². The molecular weight excluding hydrogens is 483 g/mol. The average molecular weight is 513 g/mol. The minimum absolute atomic E-state index is 0.249. The summed E-state index contributed by atoms with van der Waals surface area (Å²) < 4.78 is 14.5. The lowest BCUT2D eigenvalue weighted by Crippen LogP contribution is -2.40. The van der Waals surface area contributed by atoms with Crippen LogP contribution in [0.1, 0.15) is 18.2 Å². The molecule has 190 valence electrons. The number of likely N-dealkylation sites (N-methyl/N-ethyl adjacent to an activating group) is 1. The van der Waals surface area contributed by atoms with Gasteiger partial charge in [0, 0.05) is 56.2 Å². The zero-order chi connectivity index (χ0) is 25.8. The fourth-order valence-electron chi connectivity index (χ4n) is 4.30. The molecule has 1 amide bonds. The van der Waals surface area contributed by atoms with Crippen molar-refractivity contribution in [2.24, 2.45) is 5.73 Å². The Morgan fingerprint density at radius 1 is 1.14 bits per heavy atom. The van der Waals surface area contributed by atoms with Gasteiger partial charge in [-0.3, -0.25) is 14.7 Å². The molecule has 0 saturated carbocycles. The van der Waals surface area contributed by atoms with Crippen LogP contribution in [0, 0.1) is 5.82 Å². The van der Waals surface area contributed by atoms with Crippen LogP contribution in [0.2, 0.25) is 5.02 Å². The van der Waals surface area contributed by atoms with E-state index < -0.39 is 17.8 Å². The first-order valence-corrected chi connectivity index (χ1v) is 12.1. The van der Waals surface area contributed by atoms with Crippen molar-refractivity contribution in [2.45, 2.75) is 12.5 Å². The van der Waals surface area contributed by atoms with Gasteiger partial charge in [0.15, 0.2) is 5.82 Å². The Bertz CT molecular complexity index is 1240.